The van der Waals surface area contributed by atoms with E-state index in [-0.39, 0.29) is 36.4 Å². The van der Waals surface area contributed by atoms with Gasteiger partial charge < -0.3 is 19.8 Å². The third-order valence-electron chi connectivity index (χ3n) is 7.92. The second-order valence-corrected chi connectivity index (χ2v) is 11.1. The maximum absolute atomic E-state index is 13.8. The highest BCUT2D eigenvalue weighted by atomic mass is 16.4. The normalized spacial score (nSPS) is 22.9. The fourth-order valence-corrected chi connectivity index (χ4v) is 5.65. The van der Waals surface area contributed by atoms with E-state index in [0.717, 1.165) is 28.9 Å². The number of piperazine rings is 1. The molecule has 2 aromatic rings. The summed E-state index contributed by atoms with van der Waals surface area (Å²) in [5, 5.41) is 9.66. The van der Waals surface area contributed by atoms with Crippen LogP contribution in [0.5, 0.6) is 0 Å². The van der Waals surface area contributed by atoms with Crippen molar-refractivity contribution >= 4 is 23.6 Å². The number of benzene rings is 1. The molecule has 1 N–H and O–H groups in total. The minimum absolute atomic E-state index is 0.0634. The molecule has 5 rings (SSSR count). The van der Waals surface area contributed by atoms with E-state index in [4.69, 9.17) is 4.98 Å². The highest BCUT2D eigenvalue weighted by Crippen LogP contribution is 2.40. The summed E-state index contributed by atoms with van der Waals surface area (Å²) in [7, 11) is 0. The molecule has 1 aromatic heterocycles. The van der Waals surface area contributed by atoms with Crippen molar-refractivity contribution in [2.24, 2.45) is 0 Å². The molecule has 9 heteroatoms. The van der Waals surface area contributed by atoms with Crippen LogP contribution in [0.1, 0.15) is 44.0 Å². The van der Waals surface area contributed by atoms with Crippen LogP contribution in [0.3, 0.4) is 0 Å². The van der Waals surface area contributed by atoms with Crippen LogP contribution in [0.2, 0.25) is 0 Å². The molecule has 3 amide bonds. The minimum atomic E-state index is -1.03. The molecule has 0 radical (unpaired) electrons. The summed E-state index contributed by atoms with van der Waals surface area (Å²) in [6.45, 7) is 8.43. The lowest BCUT2D eigenvalue weighted by molar-refractivity contribution is -0.144. The summed E-state index contributed by atoms with van der Waals surface area (Å²) in [5.74, 6) is -0.172. The number of rotatable bonds is 5. The molecule has 0 saturated carbocycles. The van der Waals surface area contributed by atoms with Gasteiger partial charge >= 0.3 is 6.09 Å². The Kier molecular flexibility index (Phi) is 6.66. The lowest BCUT2D eigenvalue weighted by Crippen LogP contribution is -2.65. The minimum Gasteiger partial charge on any atom is -0.465 e. The molecule has 9 nitrogen and oxygen atoms in total. The Labute approximate surface area is 217 Å². The summed E-state index contributed by atoms with van der Waals surface area (Å²) in [5.41, 5.74) is 3.72. The van der Waals surface area contributed by atoms with Crippen molar-refractivity contribution in [2.75, 3.05) is 44.2 Å². The van der Waals surface area contributed by atoms with Crippen LogP contribution in [0.15, 0.2) is 42.6 Å². The van der Waals surface area contributed by atoms with Crippen molar-refractivity contribution in [2.45, 2.75) is 51.1 Å². The highest BCUT2D eigenvalue weighted by molar-refractivity contribution is 5.98. The molecular formula is C28H35N5O4. The first-order valence-electron chi connectivity index (χ1n) is 13.0. The molecule has 0 bridgehead atoms. The van der Waals surface area contributed by atoms with Crippen molar-refractivity contribution in [1.29, 1.82) is 0 Å². The van der Waals surface area contributed by atoms with Crippen molar-refractivity contribution in [3.05, 3.63) is 59.4 Å². The summed E-state index contributed by atoms with van der Waals surface area (Å²) < 4.78 is 0. The van der Waals surface area contributed by atoms with Gasteiger partial charge in [0.2, 0.25) is 11.8 Å². The van der Waals surface area contributed by atoms with Crippen molar-refractivity contribution in [3.63, 3.8) is 0 Å². The van der Waals surface area contributed by atoms with Crippen LogP contribution < -0.4 is 4.90 Å². The summed E-state index contributed by atoms with van der Waals surface area (Å²) in [4.78, 5) is 50.3. The largest absolute Gasteiger partial charge is 0.465 e. The zero-order valence-electron chi connectivity index (χ0n) is 21.8. The van der Waals surface area contributed by atoms with Gasteiger partial charge in [-0.1, -0.05) is 44.2 Å². The van der Waals surface area contributed by atoms with E-state index in [1.54, 1.807) is 4.90 Å². The fraction of sp³-hybridized carbons (Fsp3) is 0.500. The van der Waals surface area contributed by atoms with Crippen LogP contribution in [-0.2, 0) is 21.4 Å². The van der Waals surface area contributed by atoms with Crippen molar-refractivity contribution in [1.82, 2.24) is 19.7 Å². The molecular weight excluding hydrogens is 470 g/mol. The molecule has 3 aliphatic heterocycles. The number of anilines is 1. The lowest BCUT2D eigenvalue weighted by atomic mass is 9.88. The second kappa shape index (κ2) is 9.78. The van der Waals surface area contributed by atoms with Crippen LogP contribution in [-0.4, -0.2) is 94.1 Å². The van der Waals surface area contributed by atoms with Gasteiger partial charge in [-0.05, 0) is 25.0 Å². The highest BCUT2D eigenvalue weighted by Gasteiger charge is 2.44. The first-order chi connectivity index (χ1) is 17.6. The number of nitrogens with zero attached hydrogens (tertiary/aromatic N) is 5. The maximum Gasteiger partial charge on any atom is 0.407 e. The fourth-order valence-electron chi connectivity index (χ4n) is 5.65. The number of carbonyl (C=O) groups is 3. The van der Waals surface area contributed by atoms with Gasteiger partial charge in [0.25, 0.3) is 0 Å². The second-order valence-electron chi connectivity index (χ2n) is 11.1. The number of carbonyl (C=O) groups excluding carboxylic acids is 2. The SMILES string of the molecule is C[C@@H]1CN(CC(=O)N2CC(C)(C)c3cnc(Cc4ccccc4)cc32)[C@@H](C(=O)N2CCC2)CN1C(=O)O. The van der Waals surface area contributed by atoms with Gasteiger partial charge in [0.1, 0.15) is 6.04 Å². The third kappa shape index (κ3) is 4.92. The Hall–Kier alpha value is -3.46. The molecule has 2 fully saturated rings. The first-order valence-corrected chi connectivity index (χ1v) is 13.0. The van der Waals surface area contributed by atoms with E-state index >= 15 is 0 Å². The molecule has 37 heavy (non-hydrogen) atoms. The average Bonchev–Trinajstić information content (AvgIpc) is 3.08. The quantitative estimate of drug-likeness (QED) is 0.671. The van der Waals surface area contributed by atoms with Gasteiger partial charge in [-0.15, -0.1) is 0 Å². The van der Waals surface area contributed by atoms with Gasteiger partial charge in [0.15, 0.2) is 0 Å². The number of aromatic nitrogens is 1. The molecule has 2 atom stereocenters. The monoisotopic (exact) mass is 505 g/mol. The third-order valence-corrected chi connectivity index (χ3v) is 7.92. The Morgan fingerprint density at radius 1 is 1.11 bits per heavy atom. The van der Waals surface area contributed by atoms with Gasteiger partial charge in [0.05, 0.1) is 12.2 Å². The summed E-state index contributed by atoms with van der Waals surface area (Å²) >= 11 is 0. The van der Waals surface area contributed by atoms with Gasteiger partial charge in [-0.3, -0.25) is 19.5 Å². The Morgan fingerprint density at radius 2 is 1.84 bits per heavy atom. The average molecular weight is 506 g/mol. The molecule has 3 aliphatic rings. The van der Waals surface area contributed by atoms with Gasteiger partial charge in [-0.2, -0.15) is 0 Å². The molecule has 0 spiro atoms. The molecule has 4 heterocycles. The Balaban J connectivity index is 1.38. The molecule has 2 saturated heterocycles. The molecule has 1 aromatic carbocycles. The van der Waals surface area contributed by atoms with Crippen LogP contribution in [0.25, 0.3) is 0 Å². The van der Waals surface area contributed by atoms with Crippen molar-refractivity contribution < 1.29 is 19.5 Å². The molecule has 196 valence electrons. The number of pyridine rings is 1. The number of amides is 3. The first kappa shape index (κ1) is 25.2. The number of hydrogen-bond acceptors (Lipinski definition) is 5. The predicted octanol–water partition coefficient (Wildman–Crippen LogP) is 2.58. The van der Waals surface area contributed by atoms with E-state index in [1.807, 2.05) is 47.2 Å². The smallest absolute Gasteiger partial charge is 0.407 e. The number of hydrogen-bond donors (Lipinski definition) is 1. The van der Waals surface area contributed by atoms with E-state index in [1.165, 1.54) is 4.90 Å². The van der Waals surface area contributed by atoms with Crippen LogP contribution in [0, 0.1) is 0 Å². The zero-order valence-corrected chi connectivity index (χ0v) is 21.8. The molecule has 0 aliphatic carbocycles. The van der Waals surface area contributed by atoms with Crippen LogP contribution in [0.4, 0.5) is 10.5 Å². The van der Waals surface area contributed by atoms with E-state index in [0.29, 0.717) is 32.6 Å². The summed E-state index contributed by atoms with van der Waals surface area (Å²) in [6, 6.07) is 11.2. The van der Waals surface area contributed by atoms with E-state index in [2.05, 4.69) is 26.0 Å². The van der Waals surface area contributed by atoms with Crippen molar-refractivity contribution in [3.8, 4) is 0 Å². The number of fused-ring (bicyclic) bond motifs is 1. The van der Waals surface area contributed by atoms with Crippen LogP contribution >= 0.6 is 0 Å². The molecule has 0 unspecified atom stereocenters. The van der Waals surface area contributed by atoms with E-state index in [9.17, 15) is 19.5 Å². The summed E-state index contributed by atoms with van der Waals surface area (Å²) in [6.07, 6.45) is 2.49. The number of carboxylic acid groups (broad SMARTS) is 1. The topological polar surface area (TPSA) is 97.3 Å². The predicted molar refractivity (Wildman–Crippen MR) is 140 cm³/mol. The Bertz CT molecular complexity index is 1200. The van der Waals surface area contributed by atoms with Gasteiger partial charge in [-0.25, -0.2) is 4.79 Å². The number of likely N-dealkylation sites (tertiary alicyclic amines) is 1. The lowest BCUT2D eigenvalue weighted by Gasteiger charge is -2.46. The maximum atomic E-state index is 13.8. The standard InChI is InChI=1S/C28H35N5O4/c1-19-15-31(24(16-32(19)27(36)37)26(35)30-10-7-11-30)17-25(34)33-18-28(2,3)22-14-29-21(13-23(22)33)12-20-8-5-4-6-9-20/h4-6,8-9,13-14,19,24H,7,10-12,15-18H2,1-3H3,(H,36,37)/t19-,24-/m1/s1. The Morgan fingerprint density at radius 3 is 2.49 bits per heavy atom. The van der Waals surface area contributed by atoms with E-state index < -0.39 is 12.1 Å². The van der Waals surface area contributed by atoms with Gasteiger partial charge in [0, 0.05) is 68.1 Å². The zero-order chi connectivity index (χ0) is 26.3.